The van der Waals surface area contributed by atoms with Gasteiger partial charge in [-0.15, -0.1) is 0 Å². The first-order valence-corrected chi connectivity index (χ1v) is 7.45. The molecule has 23 heavy (non-hydrogen) atoms. The van der Waals surface area contributed by atoms with E-state index < -0.39 is 0 Å². The zero-order valence-electron chi connectivity index (χ0n) is 12.4. The number of hydrogen-bond donors (Lipinski definition) is 1. The molecule has 0 aliphatic carbocycles. The number of hydrogen-bond acceptors (Lipinski definition) is 2. The minimum atomic E-state index is -0.151. The molecule has 0 aliphatic heterocycles. The van der Waals surface area contributed by atoms with Crippen molar-refractivity contribution >= 4 is 10.8 Å². The molecule has 3 aromatic carbocycles. The van der Waals surface area contributed by atoms with Crippen LogP contribution >= 0.6 is 0 Å². The SMILES string of the molecule is O=c1cc(-c2ccccc2)nc(-c2ccc3ccccc3c2)[nH]1. The predicted octanol–water partition coefficient (Wildman–Crippen LogP) is 4.26. The van der Waals surface area contributed by atoms with E-state index in [0.717, 1.165) is 21.9 Å². The largest absolute Gasteiger partial charge is 0.306 e. The van der Waals surface area contributed by atoms with Crippen LogP contribution in [-0.4, -0.2) is 9.97 Å². The summed E-state index contributed by atoms with van der Waals surface area (Å²) in [6.07, 6.45) is 0. The van der Waals surface area contributed by atoms with Crippen molar-refractivity contribution in [1.29, 1.82) is 0 Å². The van der Waals surface area contributed by atoms with Crippen molar-refractivity contribution in [1.82, 2.24) is 9.97 Å². The van der Waals surface area contributed by atoms with Gasteiger partial charge in [-0.2, -0.15) is 0 Å². The molecule has 0 saturated carbocycles. The highest BCUT2D eigenvalue weighted by atomic mass is 16.1. The molecule has 0 aliphatic rings. The summed E-state index contributed by atoms with van der Waals surface area (Å²) < 4.78 is 0. The van der Waals surface area contributed by atoms with Crippen LogP contribution in [0.3, 0.4) is 0 Å². The third-order valence-electron chi connectivity index (χ3n) is 3.83. The summed E-state index contributed by atoms with van der Waals surface area (Å²) in [5.41, 5.74) is 2.36. The Labute approximate surface area is 133 Å². The average Bonchev–Trinajstić information content (AvgIpc) is 2.61. The maximum Gasteiger partial charge on any atom is 0.251 e. The zero-order chi connectivity index (χ0) is 15.6. The lowest BCUT2D eigenvalue weighted by Crippen LogP contribution is -2.08. The van der Waals surface area contributed by atoms with E-state index in [0.29, 0.717) is 11.5 Å². The van der Waals surface area contributed by atoms with Gasteiger partial charge >= 0.3 is 0 Å². The van der Waals surface area contributed by atoms with Crippen LogP contribution in [0.15, 0.2) is 83.7 Å². The van der Waals surface area contributed by atoms with Gasteiger partial charge in [-0.05, 0) is 16.8 Å². The molecule has 1 heterocycles. The van der Waals surface area contributed by atoms with Crippen molar-refractivity contribution < 1.29 is 0 Å². The lowest BCUT2D eigenvalue weighted by Gasteiger charge is -2.06. The van der Waals surface area contributed by atoms with Crippen LogP contribution in [0.5, 0.6) is 0 Å². The first-order chi connectivity index (χ1) is 11.3. The van der Waals surface area contributed by atoms with Gasteiger partial charge in [0.2, 0.25) is 0 Å². The first kappa shape index (κ1) is 13.5. The molecule has 110 valence electrons. The Morgan fingerprint density at radius 2 is 1.43 bits per heavy atom. The number of rotatable bonds is 2. The topological polar surface area (TPSA) is 45.8 Å². The molecular formula is C20H14N2O. The highest BCUT2D eigenvalue weighted by Gasteiger charge is 2.06. The average molecular weight is 298 g/mol. The Hall–Kier alpha value is -3.20. The molecule has 0 bridgehead atoms. The number of H-pyrrole nitrogens is 1. The van der Waals surface area contributed by atoms with Gasteiger partial charge in [0.25, 0.3) is 5.56 Å². The maximum atomic E-state index is 12.0. The highest BCUT2D eigenvalue weighted by Crippen LogP contribution is 2.23. The molecule has 0 fully saturated rings. The summed E-state index contributed by atoms with van der Waals surface area (Å²) in [7, 11) is 0. The highest BCUT2D eigenvalue weighted by molar-refractivity contribution is 5.86. The van der Waals surface area contributed by atoms with Crippen molar-refractivity contribution in [2.24, 2.45) is 0 Å². The van der Waals surface area contributed by atoms with Crippen LogP contribution in [0, 0.1) is 0 Å². The molecule has 1 N–H and O–H groups in total. The number of benzene rings is 3. The number of aromatic nitrogens is 2. The number of aromatic amines is 1. The third-order valence-corrected chi connectivity index (χ3v) is 3.83. The smallest absolute Gasteiger partial charge is 0.251 e. The van der Waals surface area contributed by atoms with Crippen LogP contribution in [0.4, 0.5) is 0 Å². The van der Waals surface area contributed by atoms with Gasteiger partial charge in [-0.3, -0.25) is 4.79 Å². The molecule has 1 aromatic heterocycles. The second kappa shape index (κ2) is 5.54. The van der Waals surface area contributed by atoms with Gasteiger partial charge in [0.05, 0.1) is 5.69 Å². The van der Waals surface area contributed by atoms with E-state index in [9.17, 15) is 4.79 Å². The molecule has 3 nitrogen and oxygen atoms in total. The normalized spacial score (nSPS) is 10.8. The second-order valence-corrected chi connectivity index (χ2v) is 5.41. The zero-order valence-corrected chi connectivity index (χ0v) is 12.4. The summed E-state index contributed by atoms with van der Waals surface area (Å²) >= 11 is 0. The lowest BCUT2D eigenvalue weighted by molar-refractivity contribution is 1.13. The molecule has 0 atom stereocenters. The van der Waals surface area contributed by atoms with Gasteiger partial charge in [0.1, 0.15) is 5.82 Å². The van der Waals surface area contributed by atoms with E-state index in [4.69, 9.17) is 0 Å². The number of nitrogens with zero attached hydrogens (tertiary/aromatic N) is 1. The third kappa shape index (κ3) is 2.64. The fourth-order valence-corrected chi connectivity index (χ4v) is 2.69. The molecule has 0 radical (unpaired) electrons. The fraction of sp³-hybridized carbons (Fsp3) is 0. The number of fused-ring (bicyclic) bond motifs is 1. The van der Waals surface area contributed by atoms with E-state index in [-0.39, 0.29) is 5.56 Å². The van der Waals surface area contributed by atoms with Gasteiger partial charge in [0.15, 0.2) is 0 Å². The maximum absolute atomic E-state index is 12.0. The summed E-state index contributed by atoms with van der Waals surface area (Å²) in [6, 6.07) is 25.5. The molecule has 4 aromatic rings. The van der Waals surface area contributed by atoms with Crippen LogP contribution in [0.25, 0.3) is 33.4 Å². The Balaban J connectivity index is 1.87. The van der Waals surface area contributed by atoms with Crippen molar-refractivity contribution in [3.63, 3.8) is 0 Å². The summed E-state index contributed by atoms with van der Waals surface area (Å²) in [6.45, 7) is 0. The molecular weight excluding hydrogens is 284 g/mol. The number of nitrogens with one attached hydrogen (secondary N) is 1. The molecule has 0 spiro atoms. The summed E-state index contributed by atoms with van der Waals surface area (Å²) in [4.78, 5) is 19.5. The van der Waals surface area contributed by atoms with Crippen molar-refractivity contribution in [2.45, 2.75) is 0 Å². The summed E-state index contributed by atoms with van der Waals surface area (Å²) in [5.74, 6) is 0.585. The first-order valence-electron chi connectivity index (χ1n) is 7.45. The van der Waals surface area contributed by atoms with E-state index in [1.807, 2.05) is 60.7 Å². The van der Waals surface area contributed by atoms with Gasteiger partial charge in [0, 0.05) is 17.2 Å². The van der Waals surface area contributed by atoms with Gasteiger partial charge < -0.3 is 4.98 Å². The van der Waals surface area contributed by atoms with Crippen molar-refractivity contribution in [2.75, 3.05) is 0 Å². The van der Waals surface area contributed by atoms with Crippen molar-refractivity contribution in [3.8, 4) is 22.6 Å². The minimum absolute atomic E-state index is 0.151. The monoisotopic (exact) mass is 298 g/mol. The summed E-state index contributed by atoms with van der Waals surface area (Å²) in [5, 5.41) is 2.29. The predicted molar refractivity (Wildman–Crippen MR) is 93.2 cm³/mol. The van der Waals surface area contributed by atoms with E-state index in [2.05, 4.69) is 22.1 Å². The Bertz CT molecular complexity index is 1040. The standard InChI is InChI=1S/C20H14N2O/c23-19-13-18(15-7-2-1-3-8-15)21-20(22-19)17-11-10-14-6-4-5-9-16(14)12-17/h1-13H,(H,21,22,23). The molecule has 0 saturated heterocycles. The van der Waals surface area contributed by atoms with Crippen LogP contribution < -0.4 is 5.56 Å². The fourth-order valence-electron chi connectivity index (χ4n) is 2.69. The van der Waals surface area contributed by atoms with Gasteiger partial charge in [-0.1, -0.05) is 66.7 Å². The Kier molecular flexibility index (Phi) is 3.24. The van der Waals surface area contributed by atoms with Crippen molar-refractivity contribution in [3.05, 3.63) is 89.2 Å². The molecule has 0 unspecified atom stereocenters. The van der Waals surface area contributed by atoms with E-state index in [1.165, 1.54) is 6.07 Å². The second-order valence-electron chi connectivity index (χ2n) is 5.41. The Morgan fingerprint density at radius 1 is 0.696 bits per heavy atom. The molecule has 4 rings (SSSR count). The quantitative estimate of drug-likeness (QED) is 0.601. The van der Waals surface area contributed by atoms with Crippen LogP contribution in [0.1, 0.15) is 0 Å². The van der Waals surface area contributed by atoms with E-state index in [1.54, 1.807) is 0 Å². The molecule has 3 heteroatoms. The van der Waals surface area contributed by atoms with Crippen LogP contribution in [0.2, 0.25) is 0 Å². The van der Waals surface area contributed by atoms with Crippen LogP contribution in [-0.2, 0) is 0 Å². The molecule has 0 amide bonds. The van der Waals surface area contributed by atoms with E-state index >= 15 is 0 Å². The van der Waals surface area contributed by atoms with Gasteiger partial charge in [-0.25, -0.2) is 4.98 Å². The lowest BCUT2D eigenvalue weighted by atomic mass is 10.1. The Morgan fingerprint density at radius 3 is 2.26 bits per heavy atom. The minimum Gasteiger partial charge on any atom is -0.306 e.